The molecule has 4 rings (SSSR count). The van der Waals surface area contributed by atoms with Gasteiger partial charge in [0.15, 0.2) is 22.8 Å². The third-order valence-corrected chi connectivity index (χ3v) is 8.03. The average molecular weight is 490 g/mol. The van der Waals surface area contributed by atoms with Crippen molar-refractivity contribution < 1.29 is 22.3 Å². The monoisotopic (exact) mass is 489 g/mol. The number of anilines is 1. The van der Waals surface area contributed by atoms with Gasteiger partial charge in [0.25, 0.3) is 5.91 Å². The summed E-state index contributed by atoms with van der Waals surface area (Å²) < 4.78 is 46.3. The number of sulfonamides is 1. The number of halogens is 1. The molecule has 1 aliphatic rings. The van der Waals surface area contributed by atoms with Crippen molar-refractivity contribution in [1.82, 2.24) is 9.29 Å². The first-order valence-electron chi connectivity index (χ1n) is 10.7. The fourth-order valence-corrected chi connectivity index (χ4v) is 5.78. The van der Waals surface area contributed by atoms with E-state index in [9.17, 15) is 17.6 Å². The largest absolute Gasteiger partial charge is 0.478 e. The highest BCUT2D eigenvalue weighted by atomic mass is 32.2. The van der Waals surface area contributed by atoms with Crippen molar-refractivity contribution in [2.24, 2.45) is 0 Å². The maximum Gasteiger partial charge on any atom is 0.267 e. The van der Waals surface area contributed by atoms with E-state index in [4.69, 9.17) is 4.74 Å². The Bertz CT molecular complexity index is 1220. The van der Waals surface area contributed by atoms with E-state index in [2.05, 4.69) is 10.3 Å². The summed E-state index contributed by atoms with van der Waals surface area (Å²) in [5, 5.41) is 4.86. The normalized spacial score (nSPS) is 15.3. The van der Waals surface area contributed by atoms with Crippen LogP contribution >= 0.6 is 11.3 Å². The van der Waals surface area contributed by atoms with Crippen LogP contribution in [0.4, 0.5) is 9.52 Å². The SMILES string of the molecule is CCC(Oc1ccccc1F)C(=O)Nc1nc(-c2ccc(S(=O)(=O)N3CCCC3)cc2)cs1. The summed E-state index contributed by atoms with van der Waals surface area (Å²) in [6, 6.07) is 12.5. The number of nitrogens with zero attached hydrogens (tertiary/aromatic N) is 2. The zero-order valence-electron chi connectivity index (χ0n) is 18.0. The van der Waals surface area contributed by atoms with Gasteiger partial charge in [-0.2, -0.15) is 4.31 Å². The number of hydrogen-bond acceptors (Lipinski definition) is 6. The molecule has 1 N–H and O–H groups in total. The predicted octanol–water partition coefficient (Wildman–Crippen LogP) is 4.53. The molecule has 0 saturated carbocycles. The lowest BCUT2D eigenvalue weighted by Crippen LogP contribution is -2.32. The van der Waals surface area contributed by atoms with Crippen molar-refractivity contribution in [3.05, 3.63) is 59.7 Å². The number of thiazole rings is 1. The minimum Gasteiger partial charge on any atom is -0.478 e. The lowest BCUT2D eigenvalue weighted by Gasteiger charge is -2.16. The van der Waals surface area contributed by atoms with Crippen molar-refractivity contribution >= 4 is 32.4 Å². The number of amides is 1. The number of aromatic nitrogens is 1. The Balaban J connectivity index is 1.43. The maximum absolute atomic E-state index is 13.9. The number of nitrogens with one attached hydrogen (secondary N) is 1. The van der Waals surface area contributed by atoms with Gasteiger partial charge in [-0.05, 0) is 43.5 Å². The molecule has 1 aliphatic heterocycles. The molecule has 0 aliphatic carbocycles. The van der Waals surface area contributed by atoms with Crippen LogP contribution in [0.2, 0.25) is 0 Å². The maximum atomic E-state index is 13.9. The minimum atomic E-state index is -3.47. The van der Waals surface area contributed by atoms with Crippen LogP contribution in [0.5, 0.6) is 5.75 Å². The van der Waals surface area contributed by atoms with Gasteiger partial charge in [-0.25, -0.2) is 17.8 Å². The predicted molar refractivity (Wildman–Crippen MR) is 125 cm³/mol. The Morgan fingerprint density at radius 2 is 1.88 bits per heavy atom. The van der Waals surface area contributed by atoms with Crippen LogP contribution in [0, 0.1) is 5.82 Å². The van der Waals surface area contributed by atoms with Crippen LogP contribution in [0.15, 0.2) is 58.8 Å². The van der Waals surface area contributed by atoms with E-state index in [1.165, 1.54) is 27.8 Å². The van der Waals surface area contributed by atoms with E-state index in [1.54, 1.807) is 48.7 Å². The molecule has 33 heavy (non-hydrogen) atoms. The summed E-state index contributed by atoms with van der Waals surface area (Å²) in [5.74, 6) is -0.938. The fraction of sp³-hybridized carbons (Fsp3) is 0.304. The van der Waals surface area contributed by atoms with Gasteiger partial charge in [0.1, 0.15) is 0 Å². The molecule has 1 unspecified atom stereocenters. The van der Waals surface area contributed by atoms with Crippen LogP contribution in [0.1, 0.15) is 26.2 Å². The van der Waals surface area contributed by atoms with Crippen molar-refractivity contribution in [2.45, 2.75) is 37.2 Å². The van der Waals surface area contributed by atoms with Crippen molar-refractivity contribution in [1.29, 1.82) is 0 Å². The zero-order valence-corrected chi connectivity index (χ0v) is 19.7. The summed E-state index contributed by atoms with van der Waals surface area (Å²) in [4.78, 5) is 17.3. The second-order valence-electron chi connectivity index (χ2n) is 7.61. The molecule has 1 amide bonds. The Hall–Kier alpha value is -2.82. The van der Waals surface area contributed by atoms with E-state index >= 15 is 0 Å². The summed E-state index contributed by atoms with van der Waals surface area (Å²) in [7, 11) is -3.47. The van der Waals surface area contributed by atoms with E-state index < -0.39 is 27.9 Å². The van der Waals surface area contributed by atoms with Gasteiger partial charge in [-0.1, -0.05) is 31.2 Å². The molecule has 1 saturated heterocycles. The molecular weight excluding hydrogens is 465 g/mol. The van der Waals surface area contributed by atoms with E-state index in [0.717, 1.165) is 18.4 Å². The molecule has 0 radical (unpaired) electrons. The number of rotatable bonds is 8. The van der Waals surface area contributed by atoms with Gasteiger partial charge in [-0.3, -0.25) is 10.1 Å². The van der Waals surface area contributed by atoms with Crippen molar-refractivity contribution in [2.75, 3.05) is 18.4 Å². The first-order chi connectivity index (χ1) is 15.9. The smallest absolute Gasteiger partial charge is 0.267 e. The lowest BCUT2D eigenvalue weighted by atomic mass is 10.2. The molecule has 1 atom stereocenters. The molecule has 174 valence electrons. The number of para-hydroxylation sites is 1. The second kappa shape index (κ2) is 9.98. The van der Waals surface area contributed by atoms with E-state index in [-0.39, 0.29) is 10.6 Å². The number of hydrogen-bond donors (Lipinski definition) is 1. The van der Waals surface area contributed by atoms with Gasteiger partial charge < -0.3 is 4.74 Å². The van der Waals surface area contributed by atoms with Crippen LogP contribution in [-0.2, 0) is 14.8 Å². The Kier molecular flexibility index (Phi) is 7.06. The molecule has 1 aromatic heterocycles. The molecule has 3 aromatic rings. The highest BCUT2D eigenvalue weighted by Crippen LogP contribution is 2.28. The summed E-state index contributed by atoms with van der Waals surface area (Å²) in [6.07, 6.45) is 1.25. The number of carbonyl (C=O) groups is 1. The average Bonchev–Trinajstić information content (AvgIpc) is 3.51. The third kappa shape index (κ3) is 5.23. The van der Waals surface area contributed by atoms with Gasteiger partial charge in [0, 0.05) is 24.0 Å². The molecular formula is C23H24FN3O4S2. The van der Waals surface area contributed by atoms with Gasteiger partial charge in [0.2, 0.25) is 10.0 Å². The van der Waals surface area contributed by atoms with E-state index in [1.807, 2.05) is 0 Å². The topological polar surface area (TPSA) is 88.6 Å². The molecule has 0 bridgehead atoms. The lowest BCUT2D eigenvalue weighted by molar-refractivity contribution is -0.122. The van der Waals surface area contributed by atoms with E-state index in [0.29, 0.717) is 30.3 Å². The standard InChI is InChI=1S/C23H24FN3O4S2/c1-2-20(31-21-8-4-3-7-18(21)24)22(28)26-23-25-19(15-32-23)16-9-11-17(12-10-16)33(29,30)27-13-5-6-14-27/h3-4,7-12,15,20H,2,5-6,13-14H2,1H3,(H,25,26,28). The second-order valence-corrected chi connectivity index (χ2v) is 10.4. The molecule has 1 fully saturated rings. The highest BCUT2D eigenvalue weighted by Gasteiger charge is 2.27. The van der Waals surface area contributed by atoms with Crippen LogP contribution in [0.3, 0.4) is 0 Å². The van der Waals surface area contributed by atoms with Crippen molar-refractivity contribution in [3.63, 3.8) is 0 Å². The van der Waals surface area contributed by atoms with Gasteiger partial charge >= 0.3 is 0 Å². The molecule has 2 heterocycles. The van der Waals surface area contributed by atoms with Crippen LogP contribution in [-0.4, -0.2) is 42.8 Å². The Morgan fingerprint density at radius 3 is 2.55 bits per heavy atom. The quantitative estimate of drug-likeness (QED) is 0.502. The summed E-state index contributed by atoms with van der Waals surface area (Å²) in [6.45, 7) is 2.88. The number of carbonyl (C=O) groups excluding carboxylic acids is 1. The fourth-order valence-electron chi connectivity index (χ4n) is 3.54. The first-order valence-corrected chi connectivity index (χ1v) is 13.0. The molecule has 7 nitrogen and oxygen atoms in total. The summed E-state index contributed by atoms with van der Waals surface area (Å²) in [5.41, 5.74) is 1.35. The van der Waals surface area contributed by atoms with Crippen LogP contribution in [0.25, 0.3) is 11.3 Å². The Morgan fingerprint density at radius 1 is 1.18 bits per heavy atom. The highest BCUT2D eigenvalue weighted by molar-refractivity contribution is 7.89. The van der Waals surface area contributed by atoms with Crippen molar-refractivity contribution in [3.8, 4) is 17.0 Å². The summed E-state index contributed by atoms with van der Waals surface area (Å²) >= 11 is 1.24. The molecule has 0 spiro atoms. The zero-order chi connectivity index (χ0) is 23.4. The number of benzene rings is 2. The van der Waals surface area contributed by atoms with Gasteiger partial charge in [0.05, 0.1) is 10.6 Å². The first kappa shape index (κ1) is 23.3. The van der Waals surface area contributed by atoms with Gasteiger partial charge in [-0.15, -0.1) is 11.3 Å². The third-order valence-electron chi connectivity index (χ3n) is 5.36. The van der Waals surface area contributed by atoms with Crippen LogP contribution < -0.4 is 10.1 Å². The number of ether oxygens (including phenoxy) is 1. The minimum absolute atomic E-state index is 0.0169. The Labute approximate surface area is 196 Å². The molecule has 2 aromatic carbocycles. The molecule has 10 heteroatoms.